The molecule has 0 amide bonds. The average Bonchev–Trinajstić information content (AvgIpc) is 2.38. The largest absolute Gasteiger partial charge is 0.475 e. The van der Waals surface area contributed by atoms with Crippen molar-refractivity contribution in [1.82, 2.24) is 9.97 Å². The lowest BCUT2D eigenvalue weighted by atomic mass is 10.2. The van der Waals surface area contributed by atoms with Gasteiger partial charge in [0.25, 0.3) is 0 Å². The zero-order chi connectivity index (χ0) is 13.7. The molecule has 1 aromatic carbocycles. The van der Waals surface area contributed by atoms with E-state index in [1.165, 1.54) is 11.9 Å². The van der Waals surface area contributed by atoms with E-state index in [0.717, 1.165) is 10.3 Å². The van der Waals surface area contributed by atoms with Gasteiger partial charge in [0.1, 0.15) is 12.1 Å². The summed E-state index contributed by atoms with van der Waals surface area (Å²) >= 11 is 3.42. The molecule has 0 saturated carbocycles. The first-order valence-corrected chi connectivity index (χ1v) is 6.90. The number of hydrogen-bond acceptors (Lipinski definition) is 4. The smallest absolute Gasteiger partial charge is 0.218 e. The fourth-order valence-corrected chi connectivity index (χ4v) is 1.80. The van der Waals surface area contributed by atoms with E-state index in [4.69, 9.17) is 4.74 Å². The fraction of sp³-hybridized carbons (Fsp3) is 0.286. The van der Waals surface area contributed by atoms with Crippen LogP contribution < -0.4 is 10.1 Å². The Morgan fingerprint density at radius 3 is 2.63 bits per heavy atom. The number of benzene rings is 1. The van der Waals surface area contributed by atoms with Crippen molar-refractivity contribution < 1.29 is 4.74 Å². The topological polar surface area (TPSA) is 47.0 Å². The highest BCUT2D eigenvalue weighted by atomic mass is 79.9. The summed E-state index contributed by atoms with van der Waals surface area (Å²) in [5, 5.41) is 3.25. The zero-order valence-corrected chi connectivity index (χ0v) is 12.5. The second-order valence-corrected chi connectivity index (χ2v) is 5.30. The van der Waals surface area contributed by atoms with Gasteiger partial charge in [-0.1, -0.05) is 28.1 Å². The Morgan fingerprint density at radius 1 is 1.21 bits per heavy atom. The van der Waals surface area contributed by atoms with Crippen molar-refractivity contribution in [3.8, 4) is 5.88 Å². The maximum atomic E-state index is 5.53. The molecule has 0 radical (unpaired) electrons. The summed E-state index contributed by atoms with van der Waals surface area (Å²) in [4.78, 5) is 8.23. The monoisotopic (exact) mass is 321 g/mol. The molecule has 0 atom stereocenters. The van der Waals surface area contributed by atoms with E-state index in [0.29, 0.717) is 12.4 Å². The third kappa shape index (κ3) is 4.52. The second-order valence-electron chi connectivity index (χ2n) is 4.39. The molecule has 0 aliphatic carbocycles. The third-order valence-electron chi connectivity index (χ3n) is 2.39. The van der Waals surface area contributed by atoms with E-state index in [9.17, 15) is 0 Å². The van der Waals surface area contributed by atoms with Crippen LogP contribution in [-0.2, 0) is 6.54 Å². The van der Waals surface area contributed by atoms with Crippen LogP contribution in [0.5, 0.6) is 5.88 Å². The van der Waals surface area contributed by atoms with Crippen LogP contribution in [0.4, 0.5) is 5.82 Å². The van der Waals surface area contributed by atoms with Crippen molar-refractivity contribution >= 4 is 21.7 Å². The molecule has 0 fully saturated rings. The number of halogens is 1. The Morgan fingerprint density at radius 2 is 1.95 bits per heavy atom. The zero-order valence-electron chi connectivity index (χ0n) is 10.9. The fourth-order valence-electron chi connectivity index (χ4n) is 1.54. The molecule has 0 unspecified atom stereocenters. The maximum Gasteiger partial charge on any atom is 0.218 e. The Bertz CT molecular complexity index is 528. The first-order valence-electron chi connectivity index (χ1n) is 6.10. The van der Waals surface area contributed by atoms with Crippen molar-refractivity contribution in [2.24, 2.45) is 0 Å². The number of nitrogens with one attached hydrogen (secondary N) is 1. The first-order chi connectivity index (χ1) is 9.13. The van der Waals surface area contributed by atoms with E-state index < -0.39 is 0 Å². The van der Waals surface area contributed by atoms with Crippen molar-refractivity contribution in [1.29, 1.82) is 0 Å². The lowest BCUT2D eigenvalue weighted by Gasteiger charge is -2.10. The van der Waals surface area contributed by atoms with E-state index in [1.54, 1.807) is 6.07 Å². The molecule has 2 rings (SSSR count). The van der Waals surface area contributed by atoms with Gasteiger partial charge in [0, 0.05) is 17.1 Å². The molecule has 19 heavy (non-hydrogen) atoms. The van der Waals surface area contributed by atoms with Crippen molar-refractivity contribution in [3.05, 3.63) is 46.7 Å². The van der Waals surface area contributed by atoms with Crippen LogP contribution in [0.2, 0.25) is 0 Å². The molecule has 1 N–H and O–H groups in total. The minimum atomic E-state index is 0.106. The molecule has 0 bridgehead atoms. The van der Waals surface area contributed by atoms with Crippen LogP contribution in [-0.4, -0.2) is 16.1 Å². The molecule has 0 aliphatic rings. The molecule has 5 heteroatoms. The molecular formula is C14H16BrN3O. The summed E-state index contributed by atoms with van der Waals surface area (Å²) < 4.78 is 6.60. The van der Waals surface area contributed by atoms with Gasteiger partial charge in [-0.05, 0) is 31.5 Å². The van der Waals surface area contributed by atoms with Gasteiger partial charge < -0.3 is 10.1 Å². The molecule has 0 aliphatic heterocycles. The van der Waals surface area contributed by atoms with Crippen LogP contribution in [0.25, 0.3) is 0 Å². The summed E-state index contributed by atoms with van der Waals surface area (Å²) in [5.74, 6) is 1.34. The highest BCUT2D eigenvalue weighted by molar-refractivity contribution is 9.10. The minimum Gasteiger partial charge on any atom is -0.475 e. The highest BCUT2D eigenvalue weighted by Crippen LogP contribution is 2.15. The summed E-state index contributed by atoms with van der Waals surface area (Å²) in [7, 11) is 0. The third-order valence-corrected chi connectivity index (χ3v) is 2.91. The van der Waals surface area contributed by atoms with Crippen LogP contribution in [0.1, 0.15) is 19.4 Å². The Hall–Kier alpha value is -1.62. The van der Waals surface area contributed by atoms with Gasteiger partial charge in [-0.3, -0.25) is 0 Å². The van der Waals surface area contributed by atoms with E-state index in [2.05, 4.69) is 43.3 Å². The number of ether oxygens (including phenoxy) is 1. The second kappa shape index (κ2) is 6.52. The standard InChI is InChI=1S/C14H16BrN3O/c1-10(2)19-14-7-13(17-9-18-14)16-8-11-3-5-12(15)6-4-11/h3-7,9-10H,8H2,1-2H3,(H,16,17,18). The van der Waals surface area contributed by atoms with E-state index in [1.807, 2.05) is 26.0 Å². The molecule has 1 heterocycles. The quantitative estimate of drug-likeness (QED) is 0.913. The van der Waals surface area contributed by atoms with Crippen LogP contribution >= 0.6 is 15.9 Å². The first kappa shape index (κ1) is 13.8. The Balaban J connectivity index is 1.97. The van der Waals surface area contributed by atoms with Gasteiger partial charge in [-0.15, -0.1) is 0 Å². The number of anilines is 1. The molecule has 1 aromatic heterocycles. The van der Waals surface area contributed by atoms with Crippen LogP contribution in [0.3, 0.4) is 0 Å². The maximum absolute atomic E-state index is 5.53. The predicted molar refractivity (Wildman–Crippen MR) is 79.3 cm³/mol. The highest BCUT2D eigenvalue weighted by Gasteiger charge is 2.02. The Labute approximate surface area is 121 Å². The summed E-state index contributed by atoms with van der Waals surface area (Å²) in [6.07, 6.45) is 1.61. The van der Waals surface area contributed by atoms with Crippen LogP contribution in [0, 0.1) is 0 Å². The number of nitrogens with zero attached hydrogens (tertiary/aromatic N) is 2. The molecule has 0 spiro atoms. The average molecular weight is 322 g/mol. The van der Waals surface area contributed by atoms with Gasteiger partial charge in [-0.25, -0.2) is 9.97 Å². The number of rotatable bonds is 5. The van der Waals surface area contributed by atoms with Crippen molar-refractivity contribution in [2.45, 2.75) is 26.5 Å². The molecular weight excluding hydrogens is 306 g/mol. The molecule has 0 saturated heterocycles. The van der Waals surface area contributed by atoms with Gasteiger partial charge in [0.05, 0.1) is 6.10 Å². The Kier molecular flexibility index (Phi) is 4.74. The predicted octanol–water partition coefficient (Wildman–Crippen LogP) is 3.64. The van der Waals surface area contributed by atoms with E-state index >= 15 is 0 Å². The van der Waals surface area contributed by atoms with Crippen molar-refractivity contribution in [2.75, 3.05) is 5.32 Å². The lowest BCUT2D eigenvalue weighted by molar-refractivity contribution is 0.232. The lowest BCUT2D eigenvalue weighted by Crippen LogP contribution is -2.08. The number of hydrogen-bond donors (Lipinski definition) is 1. The SMILES string of the molecule is CC(C)Oc1cc(NCc2ccc(Br)cc2)ncn1. The molecule has 4 nitrogen and oxygen atoms in total. The summed E-state index contributed by atoms with van der Waals surface area (Å²) in [5.41, 5.74) is 1.19. The van der Waals surface area contributed by atoms with E-state index in [-0.39, 0.29) is 6.10 Å². The number of aromatic nitrogens is 2. The van der Waals surface area contributed by atoms with Crippen LogP contribution in [0.15, 0.2) is 41.1 Å². The van der Waals surface area contributed by atoms with Gasteiger partial charge in [0.2, 0.25) is 5.88 Å². The summed E-state index contributed by atoms with van der Waals surface area (Å²) in [6.45, 7) is 4.65. The van der Waals surface area contributed by atoms with Gasteiger partial charge in [-0.2, -0.15) is 0 Å². The molecule has 2 aromatic rings. The normalized spacial score (nSPS) is 10.5. The van der Waals surface area contributed by atoms with Crippen molar-refractivity contribution in [3.63, 3.8) is 0 Å². The van der Waals surface area contributed by atoms with Gasteiger partial charge >= 0.3 is 0 Å². The minimum absolute atomic E-state index is 0.106. The molecule has 100 valence electrons. The van der Waals surface area contributed by atoms with Gasteiger partial charge in [0.15, 0.2) is 0 Å². The summed E-state index contributed by atoms with van der Waals surface area (Å²) in [6, 6.07) is 9.96.